The van der Waals surface area contributed by atoms with E-state index in [1.165, 1.54) is 19.3 Å². The molecule has 2 fully saturated rings. The number of aliphatic carboxylic acids is 1. The number of hydrogen-bond acceptors (Lipinski definition) is 2. The number of carbonyl (C=O) groups is 1. The normalized spacial score (nSPS) is 42.4. The second-order valence-electron chi connectivity index (χ2n) is 3.59. The van der Waals surface area contributed by atoms with Crippen LogP contribution in [0, 0.1) is 5.92 Å². The summed E-state index contributed by atoms with van der Waals surface area (Å²) in [5.74, 6) is -0.0319. The molecule has 0 aromatic rings. The highest BCUT2D eigenvalue weighted by Gasteiger charge is 2.39. The van der Waals surface area contributed by atoms with E-state index in [0.717, 1.165) is 6.42 Å². The van der Waals surface area contributed by atoms with Crippen LogP contribution in [0.25, 0.3) is 0 Å². The van der Waals surface area contributed by atoms with Crippen molar-refractivity contribution in [2.75, 3.05) is 0 Å². The van der Waals surface area contributed by atoms with Gasteiger partial charge in [-0.25, -0.2) is 0 Å². The topological polar surface area (TPSA) is 49.3 Å². The Labute approximate surface area is 65.8 Å². The SMILES string of the molecule is O=C(O)C1C[C@@H]2CCC[C@H]2N1. The maximum absolute atomic E-state index is 10.6. The quantitative estimate of drug-likeness (QED) is 0.583. The summed E-state index contributed by atoms with van der Waals surface area (Å²) in [4.78, 5) is 10.6. The van der Waals surface area contributed by atoms with Crippen LogP contribution >= 0.6 is 0 Å². The van der Waals surface area contributed by atoms with Gasteiger partial charge < -0.3 is 10.4 Å². The zero-order valence-electron chi connectivity index (χ0n) is 6.42. The smallest absolute Gasteiger partial charge is 0.320 e. The third-order valence-corrected chi connectivity index (χ3v) is 2.91. The molecule has 62 valence electrons. The molecule has 0 aromatic heterocycles. The van der Waals surface area contributed by atoms with Crippen LogP contribution in [-0.4, -0.2) is 23.2 Å². The third kappa shape index (κ3) is 1.13. The van der Waals surface area contributed by atoms with E-state index >= 15 is 0 Å². The van der Waals surface area contributed by atoms with Crippen molar-refractivity contribution in [1.29, 1.82) is 0 Å². The van der Waals surface area contributed by atoms with Crippen molar-refractivity contribution < 1.29 is 9.90 Å². The van der Waals surface area contributed by atoms with Gasteiger partial charge in [0.1, 0.15) is 6.04 Å². The number of nitrogens with one attached hydrogen (secondary N) is 1. The lowest BCUT2D eigenvalue weighted by atomic mass is 10.0. The van der Waals surface area contributed by atoms with Crippen molar-refractivity contribution in [2.45, 2.75) is 37.8 Å². The van der Waals surface area contributed by atoms with Gasteiger partial charge in [0.15, 0.2) is 0 Å². The zero-order chi connectivity index (χ0) is 7.84. The second-order valence-corrected chi connectivity index (χ2v) is 3.59. The maximum atomic E-state index is 10.6. The van der Waals surface area contributed by atoms with Crippen molar-refractivity contribution in [3.8, 4) is 0 Å². The summed E-state index contributed by atoms with van der Waals surface area (Å²) < 4.78 is 0. The fourth-order valence-corrected chi connectivity index (χ4v) is 2.34. The van der Waals surface area contributed by atoms with Gasteiger partial charge in [0, 0.05) is 6.04 Å². The summed E-state index contributed by atoms with van der Waals surface area (Å²) >= 11 is 0. The minimum Gasteiger partial charge on any atom is -0.480 e. The van der Waals surface area contributed by atoms with Gasteiger partial charge in [-0.3, -0.25) is 4.79 Å². The molecule has 0 spiro atoms. The highest BCUT2D eigenvalue weighted by Crippen LogP contribution is 2.34. The van der Waals surface area contributed by atoms with Crippen LogP contribution in [0.3, 0.4) is 0 Å². The Hall–Kier alpha value is -0.570. The first-order valence-electron chi connectivity index (χ1n) is 4.26. The Morgan fingerprint density at radius 2 is 2.27 bits per heavy atom. The predicted molar refractivity (Wildman–Crippen MR) is 40.3 cm³/mol. The van der Waals surface area contributed by atoms with E-state index < -0.39 is 5.97 Å². The molecule has 2 N–H and O–H groups in total. The van der Waals surface area contributed by atoms with Gasteiger partial charge >= 0.3 is 5.97 Å². The Morgan fingerprint density at radius 1 is 1.45 bits per heavy atom. The highest BCUT2D eigenvalue weighted by molar-refractivity contribution is 5.74. The standard InChI is InChI=1S/C8H13NO2/c10-8(11)7-4-5-2-1-3-6(5)9-7/h5-7,9H,1-4H2,(H,10,11)/t5-,6+,7?/m0/s1. The van der Waals surface area contributed by atoms with Crippen molar-refractivity contribution in [3.05, 3.63) is 0 Å². The minimum atomic E-state index is -0.681. The Kier molecular flexibility index (Phi) is 1.60. The largest absolute Gasteiger partial charge is 0.480 e. The Bertz CT molecular complexity index is 169. The van der Waals surface area contributed by atoms with Crippen molar-refractivity contribution in [1.82, 2.24) is 5.32 Å². The average molecular weight is 155 g/mol. The van der Waals surface area contributed by atoms with E-state index in [1.807, 2.05) is 0 Å². The molecule has 3 nitrogen and oxygen atoms in total. The Morgan fingerprint density at radius 3 is 2.91 bits per heavy atom. The second kappa shape index (κ2) is 2.48. The maximum Gasteiger partial charge on any atom is 0.320 e. The van der Waals surface area contributed by atoms with Crippen LogP contribution in [0.5, 0.6) is 0 Å². The van der Waals surface area contributed by atoms with Gasteiger partial charge in [-0.05, 0) is 25.2 Å². The van der Waals surface area contributed by atoms with Gasteiger partial charge in [0.2, 0.25) is 0 Å². The molecule has 1 unspecified atom stereocenters. The molecule has 0 aromatic carbocycles. The number of carboxylic acids is 1. The molecule has 1 aliphatic carbocycles. The first kappa shape index (κ1) is 7.10. The van der Waals surface area contributed by atoms with Gasteiger partial charge in [0.25, 0.3) is 0 Å². The van der Waals surface area contributed by atoms with E-state index in [9.17, 15) is 4.79 Å². The lowest BCUT2D eigenvalue weighted by Crippen LogP contribution is -2.34. The fraction of sp³-hybridized carbons (Fsp3) is 0.875. The summed E-state index contributed by atoms with van der Waals surface area (Å²) in [5, 5.41) is 11.9. The van der Waals surface area contributed by atoms with E-state index in [0.29, 0.717) is 12.0 Å². The molecule has 0 bridgehead atoms. The molecule has 1 heterocycles. The first-order valence-corrected chi connectivity index (χ1v) is 4.26. The van der Waals surface area contributed by atoms with Crippen LogP contribution in [0.1, 0.15) is 25.7 Å². The average Bonchev–Trinajstić information content (AvgIpc) is 2.40. The molecule has 1 aliphatic heterocycles. The minimum absolute atomic E-state index is 0.259. The van der Waals surface area contributed by atoms with E-state index in [2.05, 4.69) is 5.32 Å². The summed E-state index contributed by atoms with van der Waals surface area (Å²) in [6, 6.07) is 0.251. The van der Waals surface area contributed by atoms with Crippen molar-refractivity contribution >= 4 is 5.97 Å². The molecule has 3 heteroatoms. The van der Waals surface area contributed by atoms with E-state index in [-0.39, 0.29) is 6.04 Å². The molecule has 2 rings (SSSR count). The van der Waals surface area contributed by atoms with Crippen molar-refractivity contribution in [2.24, 2.45) is 5.92 Å². The monoisotopic (exact) mass is 155 g/mol. The lowest BCUT2D eigenvalue weighted by Gasteiger charge is -2.07. The van der Waals surface area contributed by atoms with Gasteiger partial charge in [-0.1, -0.05) is 6.42 Å². The molecule has 11 heavy (non-hydrogen) atoms. The molecular weight excluding hydrogens is 142 g/mol. The number of hydrogen-bond donors (Lipinski definition) is 2. The van der Waals surface area contributed by atoms with Crippen LogP contribution in [0.2, 0.25) is 0 Å². The summed E-state index contributed by atoms with van der Waals surface area (Å²) in [7, 11) is 0. The highest BCUT2D eigenvalue weighted by atomic mass is 16.4. The van der Waals surface area contributed by atoms with E-state index in [4.69, 9.17) is 5.11 Å². The first-order chi connectivity index (χ1) is 5.27. The zero-order valence-corrected chi connectivity index (χ0v) is 6.42. The summed E-state index contributed by atoms with van der Waals surface area (Å²) in [6.07, 6.45) is 4.52. The summed E-state index contributed by atoms with van der Waals surface area (Å²) in [6.45, 7) is 0. The van der Waals surface area contributed by atoms with Crippen LogP contribution in [0.4, 0.5) is 0 Å². The molecular formula is C8H13NO2. The molecule has 3 atom stereocenters. The molecule has 1 saturated carbocycles. The van der Waals surface area contributed by atoms with E-state index in [1.54, 1.807) is 0 Å². The lowest BCUT2D eigenvalue weighted by molar-refractivity contribution is -0.139. The Balaban J connectivity index is 1.99. The molecule has 0 amide bonds. The van der Waals surface area contributed by atoms with Crippen molar-refractivity contribution in [3.63, 3.8) is 0 Å². The third-order valence-electron chi connectivity index (χ3n) is 2.91. The number of rotatable bonds is 1. The summed E-state index contributed by atoms with van der Waals surface area (Å²) in [5.41, 5.74) is 0. The van der Waals surface area contributed by atoms with Crippen LogP contribution in [0.15, 0.2) is 0 Å². The number of fused-ring (bicyclic) bond motifs is 1. The molecule has 0 radical (unpaired) electrons. The molecule has 1 saturated heterocycles. The fourth-order valence-electron chi connectivity index (χ4n) is 2.34. The van der Waals surface area contributed by atoms with Gasteiger partial charge in [-0.15, -0.1) is 0 Å². The van der Waals surface area contributed by atoms with Crippen LogP contribution in [-0.2, 0) is 4.79 Å². The van der Waals surface area contributed by atoms with Crippen LogP contribution < -0.4 is 5.32 Å². The predicted octanol–water partition coefficient (Wildman–Crippen LogP) is 0.602. The molecule has 2 aliphatic rings. The van der Waals surface area contributed by atoms with Gasteiger partial charge in [0.05, 0.1) is 0 Å². The van der Waals surface area contributed by atoms with Gasteiger partial charge in [-0.2, -0.15) is 0 Å². The number of carboxylic acid groups (broad SMARTS) is 1.